The van der Waals surface area contributed by atoms with Crippen molar-refractivity contribution in [2.45, 2.75) is 13.0 Å². The molecule has 1 aromatic carbocycles. The minimum atomic E-state index is -0.885. The van der Waals surface area contributed by atoms with E-state index in [1.165, 1.54) is 0 Å². The number of rotatable bonds is 4. The molecule has 96 valence electrons. The zero-order chi connectivity index (χ0) is 13.3. The molecular formula is C13H14ClNO3. The van der Waals surface area contributed by atoms with Gasteiger partial charge >= 0.3 is 5.97 Å². The Bertz CT molecular complexity index is 489. The SMILES string of the molecule is CN(Cc1cccc(Cl)c1)C(=O)C1CC1C(=O)O. The van der Waals surface area contributed by atoms with Crippen LogP contribution in [0.1, 0.15) is 12.0 Å². The van der Waals surface area contributed by atoms with Crippen molar-refractivity contribution in [1.29, 1.82) is 0 Å². The molecule has 5 heteroatoms. The zero-order valence-corrected chi connectivity index (χ0v) is 10.7. The number of carboxylic acids is 1. The Morgan fingerprint density at radius 2 is 2.17 bits per heavy atom. The highest BCUT2D eigenvalue weighted by atomic mass is 35.5. The second kappa shape index (κ2) is 4.98. The summed E-state index contributed by atoms with van der Waals surface area (Å²) < 4.78 is 0. The minimum Gasteiger partial charge on any atom is -0.481 e. The third kappa shape index (κ3) is 2.82. The van der Waals surface area contributed by atoms with Gasteiger partial charge in [-0.15, -0.1) is 0 Å². The molecular weight excluding hydrogens is 254 g/mol. The van der Waals surface area contributed by atoms with Crippen LogP contribution in [0.5, 0.6) is 0 Å². The summed E-state index contributed by atoms with van der Waals surface area (Å²) in [6, 6.07) is 7.28. The molecule has 18 heavy (non-hydrogen) atoms. The van der Waals surface area contributed by atoms with Crippen LogP contribution in [0.4, 0.5) is 0 Å². The normalized spacial score (nSPS) is 21.4. The number of aliphatic carboxylic acids is 1. The van der Waals surface area contributed by atoms with E-state index in [4.69, 9.17) is 16.7 Å². The van der Waals surface area contributed by atoms with Crippen molar-refractivity contribution < 1.29 is 14.7 Å². The maximum atomic E-state index is 11.9. The first-order valence-electron chi connectivity index (χ1n) is 5.71. The molecule has 0 radical (unpaired) electrons. The lowest BCUT2D eigenvalue weighted by Crippen LogP contribution is -2.28. The molecule has 1 aliphatic carbocycles. The number of amides is 1. The van der Waals surface area contributed by atoms with Gasteiger partial charge in [0.25, 0.3) is 0 Å². The van der Waals surface area contributed by atoms with Gasteiger partial charge in [0.15, 0.2) is 0 Å². The summed E-state index contributed by atoms with van der Waals surface area (Å²) in [5, 5.41) is 9.42. The Labute approximate surface area is 110 Å². The summed E-state index contributed by atoms with van der Waals surface area (Å²) in [6.07, 6.45) is 0.452. The number of halogens is 1. The standard InChI is InChI=1S/C13H14ClNO3/c1-15(7-8-3-2-4-9(14)5-8)12(16)10-6-11(10)13(17)18/h2-5,10-11H,6-7H2,1H3,(H,17,18). The maximum absolute atomic E-state index is 11.9. The Morgan fingerprint density at radius 3 is 2.72 bits per heavy atom. The highest BCUT2D eigenvalue weighted by Gasteiger charge is 2.49. The molecule has 4 nitrogen and oxygen atoms in total. The molecule has 2 unspecified atom stereocenters. The average Bonchev–Trinajstić information content (AvgIpc) is 3.07. The van der Waals surface area contributed by atoms with Gasteiger partial charge in [0, 0.05) is 18.6 Å². The summed E-state index contributed by atoms with van der Waals surface area (Å²) in [4.78, 5) is 24.2. The molecule has 0 aromatic heterocycles. The van der Waals surface area contributed by atoms with Gasteiger partial charge in [-0.2, -0.15) is 0 Å². The summed E-state index contributed by atoms with van der Waals surface area (Å²) in [7, 11) is 1.68. The highest BCUT2D eigenvalue weighted by molar-refractivity contribution is 6.30. The molecule has 2 rings (SSSR count). The van der Waals surface area contributed by atoms with Crippen molar-refractivity contribution in [1.82, 2.24) is 4.90 Å². The molecule has 0 bridgehead atoms. The number of carboxylic acid groups (broad SMARTS) is 1. The second-order valence-corrected chi connectivity index (χ2v) is 5.05. The lowest BCUT2D eigenvalue weighted by molar-refractivity contribution is -0.141. The smallest absolute Gasteiger partial charge is 0.307 e. The van der Waals surface area contributed by atoms with Gasteiger partial charge in [-0.3, -0.25) is 9.59 Å². The number of carbonyl (C=O) groups excluding carboxylic acids is 1. The Balaban J connectivity index is 1.94. The van der Waals surface area contributed by atoms with Gasteiger partial charge < -0.3 is 10.0 Å². The number of nitrogens with zero attached hydrogens (tertiary/aromatic N) is 1. The third-order valence-electron chi connectivity index (χ3n) is 3.11. The molecule has 1 amide bonds. The Kier molecular flexibility index (Phi) is 3.57. The van der Waals surface area contributed by atoms with Crippen molar-refractivity contribution >= 4 is 23.5 Å². The molecule has 0 aliphatic heterocycles. The van der Waals surface area contributed by atoms with E-state index in [9.17, 15) is 9.59 Å². The van der Waals surface area contributed by atoms with Gasteiger partial charge in [0.05, 0.1) is 11.8 Å². The molecule has 1 saturated carbocycles. The van der Waals surface area contributed by atoms with E-state index >= 15 is 0 Å². The van der Waals surface area contributed by atoms with Crippen LogP contribution in [0.3, 0.4) is 0 Å². The fourth-order valence-corrected chi connectivity index (χ4v) is 2.22. The molecule has 1 aliphatic rings. The first kappa shape index (κ1) is 12.9. The van der Waals surface area contributed by atoms with E-state index in [0.717, 1.165) is 5.56 Å². The summed E-state index contributed by atoms with van der Waals surface area (Å²) in [5.74, 6) is -1.85. The van der Waals surface area contributed by atoms with Gasteiger partial charge in [-0.1, -0.05) is 23.7 Å². The van der Waals surface area contributed by atoms with Crippen molar-refractivity contribution in [2.24, 2.45) is 11.8 Å². The summed E-state index contributed by atoms with van der Waals surface area (Å²) >= 11 is 5.87. The van der Waals surface area contributed by atoms with Crippen LogP contribution in [0.25, 0.3) is 0 Å². The number of hydrogen-bond donors (Lipinski definition) is 1. The van der Waals surface area contributed by atoms with E-state index < -0.39 is 11.9 Å². The molecule has 0 spiro atoms. The fraction of sp³-hybridized carbons (Fsp3) is 0.385. The minimum absolute atomic E-state index is 0.109. The quantitative estimate of drug-likeness (QED) is 0.908. The predicted octanol–water partition coefficient (Wildman–Crippen LogP) is 2.02. The molecule has 0 saturated heterocycles. The van der Waals surface area contributed by atoms with Crippen LogP contribution < -0.4 is 0 Å². The van der Waals surface area contributed by atoms with E-state index in [1.54, 1.807) is 24.1 Å². The van der Waals surface area contributed by atoms with E-state index in [-0.39, 0.29) is 11.8 Å². The molecule has 0 heterocycles. The van der Waals surface area contributed by atoms with Crippen LogP contribution >= 0.6 is 11.6 Å². The van der Waals surface area contributed by atoms with Crippen LogP contribution in [0.15, 0.2) is 24.3 Å². The van der Waals surface area contributed by atoms with E-state index in [2.05, 4.69) is 0 Å². The third-order valence-corrected chi connectivity index (χ3v) is 3.34. The van der Waals surface area contributed by atoms with Crippen LogP contribution in [-0.4, -0.2) is 28.9 Å². The van der Waals surface area contributed by atoms with Crippen molar-refractivity contribution in [2.75, 3.05) is 7.05 Å². The molecule has 1 aromatic rings. The lowest BCUT2D eigenvalue weighted by atomic mass is 10.2. The first-order chi connectivity index (χ1) is 8.49. The maximum Gasteiger partial charge on any atom is 0.307 e. The molecule has 1 N–H and O–H groups in total. The van der Waals surface area contributed by atoms with Crippen LogP contribution in [0.2, 0.25) is 5.02 Å². The highest BCUT2D eigenvalue weighted by Crippen LogP contribution is 2.40. The predicted molar refractivity (Wildman–Crippen MR) is 67.2 cm³/mol. The van der Waals surface area contributed by atoms with E-state index in [1.807, 2.05) is 12.1 Å². The van der Waals surface area contributed by atoms with Crippen LogP contribution in [-0.2, 0) is 16.1 Å². The van der Waals surface area contributed by atoms with E-state index in [0.29, 0.717) is 18.0 Å². The van der Waals surface area contributed by atoms with Crippen molar-refractivity contribution in [3.05, 3.63) is 34.9 Å². The first-order valence-corrected chi connectivity index (χ1v) is 6.09. The monoisotopic (exact) mass is 267 g/mol. The number of benzene rings is 1. The van der Waals surface area contributed by atoms with Crippen LogP contribution in [0, 0.1) is 11.8 Å². The summed E-state index contributed by atoms with van der Waals surface area (Å²) in [6.45, 7) is 0.447. The zero-order valence-electron chi connectivity index (χ0n) is 9.97. The van der Waals surface area contributed by atoms with Gasteiger partial charge in [-0.05, 0) is 24.1 Å². The van der Waals surface area contributed by atoms with Gasteiger partial charge in [-0.25, -0.2) is 0 Å². The topological polar surface area (TPSA) is 57.6 Å². The lowest BCUT2D eigenvalue weighted by Gasteiger charge is -2.17. The Morgan fingerprint density at radius 1 is 1.44 bits per heavy atom. The molecule has 2 atom stereocenters. The fourth-order valence-electron chi connectivity index (χ4n) is 2.01. The van der Waals surface area contributed by atoms with Crippen molar-refractivity contribution in [3.63, 3.8) is 0 Å². The largest absolute Gasteiger partial charge is 0.481 e. The van der Waals surface area contributed by atoms with Gasteiger partial charge in [0.1, 0.15) is 0 Å². The second-order valence-electron chi connectivity index (χ2n) is 4.61. The number of hydrogen-bond acceptors (Lipinski definition) is 2. The average molecular weight is 268 g/mol. The van der Waals surface area contributed by atoms with Crippen molar-refractivity contribution in [3.8, 4) is 0 Å². The number of carbonyl (C=O) groups is 2. The van der Waals surface area contributed by atoms with Gasteiger partial charge in [0.2, 0.25) is 5.91 Å². The Hall–Kier alpha value is -1.55. The molecule has 1 fully saturated rings. The summed E-state index contributed by atoms with van der Waals surface area (Å²) in [5.41, 5.74) is 0.936.